The van der Waals surface area contributed by atoms with Crippen LogP contribution >= 0.6 is 0 Å². The number of rotatable bonds is 12. The van der Waals surface area contributed by atoms with Crippen LogP contribution in [0.1, 0.15) is 73.1 Å². The molecule has 0 aliphatic carbocycles. The van der Waals surface area contributed by atoms with Crippen molar-refractivity contribution in [3.63, 3.8) is 0 Å². The molecule has 1 fully saturated rings. The van der Waals surface area contributed by atoms with E-state index in [2.05, 4.69) is 61.5 Å². The van der Waals surface area contributed by atoms with E-state index in [0.717, 1.165) is 41.5 Å². The van der Waals surface area contributed by atoms with E-state index >= 15 is 0 Å². The normalized spacial score (nSPS) is 19.0. The van der Waals surface area contributed by atoms with Gasteiger partial charge in [0.2, 0.25) is 0 Å². The lowest BCUT2D eigenvalue weighted by molar-refractivity contribution is -0.169. The van der Waals surface area contributed by atoms with Gasteiger partial charge in [-0.3, -0.25) is 0 Å². The summed E-state index contributed by atoms with van der Waals surface area (Å²) in [6.07, 6.45) is 1.81. The zero-order chi connectivity index (χ0) is 29.6. The van der Waals surface area contributed by atoms with Crippen LogP contribution in [0.25, 0.3) is 0 Å². The molecule has 1 heterocycles. The van der Waals surface area contributed by atoms with Gasteiger partial charge in [-0.05, 0) is 46.2 Å². The van der Waals surface area contributed by atoms with Gasteiger partial charge in [-0.15, -0.1) is 0 Å². The molecule has 1 N–H and O–H groups in total. The molecule has 0 saturated carbocycles. The highest BCUT2D eigenvalue weighted by molar-refractivity contribution is 5.35. The molecular weight excluding hydrogens is 520 g/mol. The Labute approximate surface area is 252 Å². The van der Waals surface area contributed by atoms with Gasteiger partial charge in [0, 0.05) is 12.8 Å². The van der Waals surface area contributed by atoms with Crippen LogP contribution in [-0.2, 0) is 40.3 Å². The molecule has 1 aliphatic heterocycles. The molecule has 4 aromatic carbocycles. The van der Waals surface area contributed by atoms with E-state index in [9.17, 15) is 5.11 Å². The Morgan fingerprint density at radius 2 is 1.31 bits per heavy atom. The highest BCUT2D eigenvalue weighted by atomic mass is 16.6. The van der Waals surface area contributed by atoms with Crippen molar-refractivity contribution >= 4 is 0 Å². The van der Waals surface area contributed by atoms with Gasteiger partial charge in [-0.1, -0.05) is 130 Å². The van der Waals surface area contributed by atoms with Gasteiger partial charge >= 0.3 is 0 Å². The molecule has 0 amide bonds. The first-order chi connectivity index (χ1) is 20.7. The van der Waals surface area contributed by atoms with Crippen molar-refractivity contribution in [1.82, 2.24) is 0 Å². The Hall–Kier alpha value is -3.28. The number of aliphatic hydroxyl groups is 1. The van der Waals surface area contributed by atoms with E-state index in [0.29, 0.717) is 26.2 Å². The molecule has 42 heavy (non-hydrogen) atoms. The molecule has 4 nitrogen and oxygen atoms in total. The summed E-state index contributed by atoms with van der Waals surface area (Å²) in [4.78, 5) is 0. The van der Waals surface area contributed by atoms with Gasteiger partial charge in [-0.2, -0.15) is 0 Å². The maximum Gasteiger partial charge on any atom is 0.106 e. The zero-order valence-electron chi connectivity index (χ0n) is 25.3. The average molecular weight is 567 g/mol. The lowest BCUT2D eigenvalue weighted by Crippen LogP contribution is -2.42. The lowest BCUT2D eigenvalue weighted by Gasteiger charge is -2.38. The molecule has 4 aromatic rings. The third-order valence-corrected chi connectivity index (χ3v) is 7.68. The summed E-state index contributed by atoms with van der Waals surface area (Å²) < 4.78 is 18.9. The van der Waals surface area contributed by atoms with Gasteiger partial charge in [-0.25, -0.2) is 0 Å². The standard InChI is InChI=1S/C36H40O4.C2H6/c1-2-27-17-19-28(20-18-27)21-31-15-9-10-16-34(31)36(37)35-23-32(39-25-30-13-7-4-8-14-30)22-33(40-35)26-38-24-29-11-5-3-6-12-29;1-2/h3-20,32-33,35-37H,2,21-26H2,1H3;1-2H3. The van der Waals surface area contributed by atoms with E-state index < -0.39 is 6.10 Å². The summed E-state index contributed by atoms with van der Waals surface area (Å²) in [5.74, 6) is 0. The highest BCUT2D eigenvalue weighted by Crippen LogP contribution is 2.33. The Morgan fingerprint density at radius 3 is 1.98 bits per heavy atom. The second-order valence-electron chi connectivity index (χ2n) is 10.7. The predicted octanol–water partition coefficient (Wildman–Crippen LogP) is 8.25. The van der Waals surface area contributed by atoms with Crippen molar-refractivity contribution in [2.45, 2.75) is 84.1 Å². The van der Waals surface area contributed by atoms with E-state index in [4.69, 9.17) is 14.2 Å². The second kappa shape index (κ2) is 17.0. The van der Waals surface area contributed by atoms with Gasteiger partial charge in [0.1, 0.15) is 6.10 Å². The first-order valence-corrected chi connectivity index (χ1v) is 15.4. The Balaban J connectivity index is 0.00000198. The van der Waals surface area contributed by atoms with Crippen LogP contribution in [0.5, 0.6) is 0 Å². The average Bonchev–Trinajstić information content (AvgIpc) is 3.06. The maximum absolute atomic E-state index is 11.7. The Bertz CT molecular complexity index is 1290. The van der Waals surface area contributed by atoms with Gasteiger partial charge in [0.05, 0.1) is 38.1 Å². The van der Waals surface area contributed by atoms with Crippen LogP contribution in [0.3, 0.4) is 0 Å². The molecule has 0 spiro atoms. The summed E-state index contributed by atoms with van der Waals surface area (Å²) in [6.45, 7) is 7.69. The first kappa shape index (κ1) is 31.7. The van der Waals surface area contributed by atoms with E-state index in [-0.39, 0.29) is 18.3 Å². The third kappa shape index (κ3) is 9.37. The van der Waals surface area contributed by atoms with Crippen LogP contribution in [0.4, 0.5) is 0 Å². The number of aliphatic hydroxyl groups excluding tert-OH is 1. The van der Waals surface area contributed by atoms with Crippen molar-refractivity contribution in [3.05, 3.63) is 143 Å². The fourth-order valence-corrected chi connectivity index (χ4v) is 5.42. The summed E-state index contributed by atoms with van der Waals surface area (Å²) in [5.41, 5.74) is 6.87. The third-order valence-electron chi connectivity index (χ3n) is 7.68. The molecule has 4 heteroatoms. The molecule has 0 aromatic heterocycles. The molecule has 1 saturated heterocycles. The predicted molar refractivity (Wildman–Crippen MR) is 170 cm³/mol. The van der Waals surface area contributed by atoms with E-state index in [1.165, 1.54) is 11.1 Å². The molecule has 4 unspecified atom stereocenters. The number of ether oxygens (including phenoxy) is 3. The molecular formula is C38H46O4. The van der Waals surface area contributed by atoms with E-state index in [1.54, 1.807) is 0 Å². The van der Waals surface area contributed by atoms with Crippen molar-refractivity contribution in [2.24, 2.45) is 0 Å². The van der Waals surface area contributed by atoms with Crippen LogP contribution in [0, 0.1) is 0 Å². The van der Waals surface area contributed by atoms with Gasteiger partial charge in [0.25, 0.3) is 0 Å². The molecule has 1 aliphatic rings. The largest absolute Gasteiger partial charge is 0.386 e. The van der Waals surface area contributed by atoms with Crippen molar-refractivity contribution in [3.8, 4) is 0 Å². The highest BCUT2D eigenvalue weighted by Gasteiger charge is 2.35. The van der Waals surface area contributed by atoms with Gasteiger partial charge < -0.3 is 19.3 Å². The zero-order valence-corrected chi connectivity index (χ0v) is 25.3. The number of hydrogen-bond donors (Lipinski definition) is 1. The summed E-state index contributed by atoms with van der Waals surface area (Å²) in [6, 6.07) is 37.3. The molecule has 4 atom stereocenters. The number of hydrogen-bond acceptors (Lipinski definition) is 4. The van der Waals surface area contributed by atoms with Crippen molar-refractivity contribution in [1.29, 1.82) is 0 Å². The Morgan fingerprint density at radius 1 is 0.714 bits per heavy atom. The quantitative estimate of drug-likeness (QED) is 0.188. The van der Waals surface area contributed by atoms with Crippen molar-refractivity contribution in [2.75, 3.05) is 6.61 Å². The summed E-state index contributed by atoms with van der Waals surface area (Å²) in [5, 5.41) is 11.7. The number of benzene rings is 4. The second-order valence-corrected chi connectivity index (χ2v) is 10.7. The Kier molecular flexibility index (Phi) is 12.8. The van der Waals surface area contributed by atoms with Crippen LogP contribution in [-0.4, -0.2) is 30.0 Å². The fraction of sp³-hybridized carbons (Fsp3) is 0.368. The maximum atomic E-state index is 11.7. The minimum atomic E-state index is -0.758. The topological polar surface area (TPSA) is 47.9 Å². The van der Waals surface area contributed by atoms with Crippen molar-refractivity contribution < 1.29 is 19.3 Å². The van der Waals surface area contributed by atoms with Gasteiger partial charge in [0.15, 0.2) is 0 Å². The fourth-order valence-electron chi connectivity index (χ4n) is 5.42. The lowest BCUT2D eigenvalue weighted by atomic mass is 9.90. The van der Waals surface area contributed by atoms with Crippen LogP contribution in [0.15, 0.2) is 109 Å². The summed E-state index contributed by atoms with van der Waals surface area (Å²) >= 11 is 0. The van der Waals surface area contributed by atoms with E-state index in [1.807, 2.05) is 68.4 Å². The monoisotopic (exact) mass is 566 g/mol. The molecule has 0 radical (unpaired) electrons. The number of aryl methyl sites for hydroxylation is 1. The summed E-state index contributed by atoms with van der Waals surface area (Å²) in [7, 11) is 0. The smallest absolute Gasteiger partial charge is 0.106 e. The SMILES string of the molecule is CC.CCc1ccc(Cc2ccccc2C(O)C2CC(OCc3ccccc3)CC(COCc3ccccc3)O2)cc1. The van der Waals surface area contributed by atoms with Crippen LogP contribution < -0.4 is 0 Å². The minimum Gasteiger partial charge on any atom is -0.386 e. The molecule has 5 rings (SSSR count). The first-order valence-electron chi connectivity index (χ1n) is 15.4. The molecule has 0 bridgehead atoms. The minimum absolute atomic E-state index is 0.0346. The molecule has 222 valence electrons. The van der Waals surface area contributed by atoms with Crippen LogP contribution in [0.2, 0.25) is 0 Å².